The molecule has 142 valence electrons. The third-order valence-corrected chi connectivity index (χ3v) is 5.08. The molecule has 0 N–H and O–H groups in total. The number of benzene rings is 2. The highest BCUT2D eigenvalue weighted by atomic mass is 35.5. The summed E-state index contributed by atoms with van der Waals surface area (Å²) in [6.45, 7) is 1.61. The average Bonchev–Trinajstić information content (AvgIpc) is 2.74. The summed E-state index contributed by atoms with van der Waals surface area (Å²) in [4.78, 5) is 19.1. The Kier molecular flexibility index (Phi) is 5.70. The van der Waals surface area contributed by atoms with Gasteiger partial charge in [0.2, 0.25) is 0 Å². The Morgan fingerprint density at radius 2 is 1.93 bits per heavy atom. The first-order valence-electron chi connectivity index (χ1n) is 9.34. The molecule has 0 radical (unpaired) electrons. The molecule has 4 nitrogen and oxygen atoms in total. The van der Waals surface area contributed by atoms with E-state index in [9.17, 15) is 4.79 Å². The normalized spacial score (nSPS) is 16.8. The molecule has 4 rings (SSSR count). The standard InChI is InChI=1S/C23H21ClN2O2/c24-20-8-4-5-17(14-20)13-18-9-10-21(25-15-18)22-16-26(11-12-28-22)23(27)19-6-2-1-3-7-19/h1-10,14-15,22H,11-13,16H2/t22-/m1/s1. The van der Waals surface area contributed by atoms with Gasteiger partial charge in [-0.1, -0.05) is 48.0 Å². The molecule has 0 saturated carbocycles. The number of rotatable bonds is 4. The number of halogens is 1. The molecule has 0 spiro atoms. The summed E-state index contributed by atoms with van der Waals surface area (Å²) in [6, 6.07) is 21.2. The van der Waals surface area contributed by atoms with Gasteiger partial charge in [0.05, 0.1) is 18.8 Å². The highest BCUT2D eigenvalue weighted by Crippen LogP contribution is 2.23. The van der Waals surface area contributed by atoms with Crippen LogP contribution in [0.5, 0.6) is 0 Å². The molecule has 1 aromatic heterocycles. The van der Waals surface area contributed by atoms with E-state index in [0.717, 1.165) is 28.3 Å². The fourth-order valence-corrected chi connectivity index (χ4v) is 3.60. The second kappa shape index (κ2) is 8.55. The molecule has 1 aliphatic rings. The second-order valence-corrected chi connectivity index (χ2v) is 7.31. The molecule has 3 aromatic rings. The third-order valence-electron chi connectivity index (χ3n) is 4.85. The van der Waals surface area contributed by atoms with Gasteiger partial charge in [0.15, 0.2) is 0 Å². The van der Waals surface area contributed by atoms with Gasteiger partial charge in [-0.2, -0.15) is 0 Å². The van der Waals surface area contributed by atoms with Crippen LogP contribution in [0.15, 0.2) is 72.9 Å². The first-order chi connectivity index (χ1) is 13.7. The number of pyridine rings is 1. The summed E-state index contributed by atoms with van der Waals surface area (Å²) in [5, 5.41) is 0.737. The topological polar surface area (TPSA) is 42.4 Å². The third kappa shape index (κ3) is 4.41. The predicted molar refractivity (Wildman–Crippen MR) is 110 cm³/mol. The van der Waals surface area contributed by atoms with Gasteiger partial charge < -0.3 is 9.64 Å². The van der Waals surface area contributed by atoms with Crippen LogP contribution in [0.2, 0.25) is 5.02 Å². The lowest BCUT2D eigenvalue weighted by Crippen LogP contribution is -2.42. The van der Waals surface area contributed by atoms with E-state index in [2.05, 4.69) is 17.1 Å². The molecule has 0 unspecified atom stereocenters. The Labute approximate surface area is 169 Å². The van der Waals surface area contributed by atoms with E-state index < -0.39 is 0 Å². The van der Waals surface area contributed by atoms with Gasteiger partial charge in [0.1, 0.15) is 6.10 Å². The van der Waals surface area contributed by atoms with Gasteiger partial charge in [0, 0.05) is 23.3 Å². The summed E-state index contributed by atoms with van der Waals surface area (Å²) in [6.07, 6.45) is 2.44. The van der Waals surface area contributed by atoms with Crippen molar-refractivity contribution in [1.82, 2.24) is 9.88 Å². The summed E-state index contributed by atoms with van der Waals surface area (Å²) >= 11 is 6.06. The van der Waals surface area contributed by atoms with Gasteiger partial charge in [-0.3, -0.25) is 9.78 Å². The van der Waals surface area contributed by atoms with Crippen molar-refractivity contribution in [3.8, 4) is 0 Å². The van der Waals surface area contributed by atoms with E-state index in [-0.39, 0.29) is 12.0 Å². The van der Waals surface area contributed by atoms with Crippen LogP contribution >= 0.6 is 11.6 Å². The number of carbonyl (C=O) groups excluding carboxylic acids is 1. The van der Waals surface area contributed by atoms with Crippen molar-refractivity contribution in [1.29, 1.82) is 0 Å². The highest BCUT2D eigenvalue weighted by molar-refractivity contribution is 6.30. The molecule has 1 aliphatic heterocycles. The fourth-order valence-electron chi connectivity index (χ4n) is 3.39. The van der Waals surface area contributed by atoms with E-state index in [4.69, 9.17) is 16.3 Å². The number of amides is 1. The number of morpholine rings is 1. The van der Waals surface area contributed by atoms with Crippen LogP contribution in [0.25, 0.3) is 0 Å². The van der Waals surface area contributed by atoms with Crippen LogP contribution in [0.3, 0.4) is 0 Å². The first kappa shape index (κ1) is 18.7. The highest BCUT2D eigenvalue weighted by Gasteiger charge is 2.26. The van der Waals surface area contributed by atoms with Crippen LogP contribution in [0, 0.1) is 0 Å². The maximum atomic E-state index is 12.7. The SMILES string of the molecule is O=C(c1ccccc1)N1CCO[C@@H](c2ccc(Cc3cccc(Cl)c3)cn2)C1. The molecule has 1 saturated heterocycles. The molecule has 0 bridgehead atoms. The summed E-state index contributed by atoms with van der Waals surface area (Å²) < 4.78 is 5.88. The number of nitrogens with zero attached hydrogens (tertiary/aromatic N) is 2. The van der Waals surface area contributed by atoms with Gasteiger partial charge in [-0.25, -0.2) is 0 Å². The zero-order chi connectivity index (χ0) is 19.3. The molecule has 0 aliphatic carbocycles. The van der Waals surface area contributed by atoms with Crippen LogP contribution in [0.4, 0.5) is 0 Å². The van der Waals surface area contributed by atoms with Crippen molar-refractivity contribution in [3.05, 3.63) is 100 Å². The van der Waals surface area contributed by atoms with E-state index in [1.807, 2.05) is 65.7 Å². The van der Waals surface area contributed by atoms with Crippen molar-refractivity contribution in [2.45, 2.75) is 12.5 Å². The minimum Gasteiger partial charge on any atom is -0.368 e. The summed E-state index contributed by atoms with van der Waals surface area (Å²) in [7, 11) is 0. The first-order valence-corrected chi connectivity index (χ1v) is 9.72. The van der Waals surface area contributed by atoms with Gasteiger partial charge in [-0.05, 0) is 47.9 Å². The molecule has 1 atom stereocenters. The summed E-state index contributed by atoms with van der Waals surface area (Å²) in [5.74, 6) is 0.0338. The lowest BCUT2D eigenvalue weighted by molar-refractivity contribution is -0.0247. The van der Waals surface area contributed by atoms with Crippen molar-refractivity contribution >= 4 is 17.5 Å². The molecule has 2 aromatic carbocycles. The Morgan fingerprint density at radius 1 is 1.07 bits per heavy atom. The molecule has 1 amide bonds. The van der Waals surface area contributed by atoms with Gasteiger partial charge in [0.25, 0.3) is 5.91 Å². The molecule has 28 heavy (non-hydrogen) atoms. The van der Waals surface area contributed by atoms with Crippen molar-refractivity contribution in [3.63, 3.8) is 0 Å². The molecular formula is C23H21ClN2O2. The second-order valence-electron chi connectivity index (χ2n) is 6.87. The van der Waals surface area contributed by atoms with Crippen LogP contribution in [-0.4, -0.2) is 35.5 Å². The molecule has 2 heterocycles. The lowest BCUT2D eigenvalue weighted by atomic mass is 10.1. The number of hydrogen-bond acceptors (Lipinski definition) is 3. The minimum atomic E-state index is -0.207. The number of carbonyl (C=O) groups is 1. The quantitative estimate of drug-likeness (QED) is 0.654. The number of ether oxygens (including phenoxy) is 1. The van der Waals surface area contributed by atoms with Crippen molar-refractivity contribution in [2.75, 3.05) is 19.7 Å². The molecular weight excluding hydrogens is 372 g/mol. The maximum absolute atomic E-state index is 12.7. The average molecular weight is 393 g/mol. The number of hydrogen-bond donors (Lipinski definition) is 0. The van der Waals surface area contributed by atoms with E-state index in [1.165, 1.54) is 0 Å². The molecule has 1 fully saturated rings. The van der Waals surface area contributed by atoms with E-state index in [0.29, 0.717) is 25.3 Å². The Balaban J connectivity index is 1.43. The Hall–Kier alpha value is -2.69. The van der Waals surface area contributed by atoms with Crippen molar-refractivity contribution in [2.24, 2.45) is 0 Å². The predicted octanol–water partition coefficient (Wildman–Crippen LogP) is 4.54. The lowest BCUT2D eigenvalue weighted by Gasteiger charge is -2.32. The Bertz CT molecular complexity index is 944. The van der Waals surface area contributed by atoms with E-state index >= 15 is 0 Å². The van der Waals surface area contributed by atoms with E-state index in [1.54, 1.807) is 0 Å². The fraction of sp³-hybridized carbons (Fsp3) is 0.217. The Morgan fingerprint density at radius 3 is 2.68 bits per heavy atom. The zero-order valence-electron chi connectivity index (χ0n) is 15.4. The van der Waals surface area contributed by atoms with Crippen LogP contribution < -0.4 is 0 Å². The smallest absolute Gasteiger partial charge is 0.254 e. The van der Waals surface area contributed by atoms with Gasteiger partial charge >= 0.3 is 0 Å². The van der Waals surface area contributed by atoms with Crippen LogP contribution in [0.1, 0.15) is 33.3 Å². The molecule has 5 heteroatoms. The summed E-state index contributed by atoms with van der Waals surface area (Å²) in [5.41, 5.74) is 3.81. The number of aromatic nitrogens is 1. The maximum Gasteiger partial charge on any atom is 0.254 e. The van der Waals surface area contributed by atoms with Crippen molar-refractivity contribution < 1.29 is 9.53 Å². The minimum absolute atomic E-state index is 0.0338. The monoisotopic (exact) mass is 392 g/mol. The largest absolute Gasteiger partial charge is 0.368 e. The zero-order valence-corrected chi connectivity index (χ0v) is 16.2. The van der Waals surface area contributed by atoms with Crippen LogP contribution in [-0.2, 0) is 11.2 Å². The van der Waals surface area contributed by atoms with Gasteiger partial charge in [-0.15, -0.1) is 0 Å².